The highest BCUT2D eigenvalue weighted by Gasteiger charge is 2.44. The number of urea groups is 1. The van der Waals surface area contributed by atoms with Gasteiger partial charge in [0.1, 0.15) is 12.1 Å². The Hall–Kier alpha value is -3.40. The molecule has 10 heteroatoms. The summed E-state index contributed by atoms with van der Waals surface area (Å²) in [6.07, 6.45) is 0.683. The minimum Gasteiger partial charge on any atom is -0.443 e. The van der Waals surface area contributed by atoms with Gasteiger partial charge in [-0.1, -0.05) is 45.0 Å². The molecule has 1 aromatic carbocycles. The Bertz CT molecular complexity index is 1010. The number of carbonyl (C=O) groups excluding carboxylic acids is 3. The molecular formula is C23H31N5O5. The third-order valence-corrected chi connectivity index (χ3v) is 5.69. The maximum absolute atomic E-state index is 13.2. The number of aryl methyl sites for hydroxylation is 1. The van der Waals surface area contributed by atoms with Gasteiger partial charge in [-0.25, -0.2) is 9.78 Å². The quantitative estimate of drug-likeness (QED) is 0.513. The molecule has 33 heavy (non-hydrogen) atoms. The number of aliphatic hydroxyl groups is 1. The number of rotatable bonds is 6. The zero-order valence-corrected chi connectivity index (χ0v) is 19.3. The zero-order chi connectivity index (χ0) is 24.3. The molecule has 1 aliphatic heterocycles. The lowest BCUT2D eigenvalue weighted by Gasteiger charge is -2.34. The van der Waals surface area contributed by atoms with E-state index < -0.39 is 35.5 Å². The number of nitrogens with zero attached hydrogens (tertiary/aromatic N) is 2. The summed E-state index contributed by atoms with van der Waals surface area (Å²) in [4.78, 5) is 42.9. The number of hydrogen-bond acceptors (Lipinski definition) is 6. The van der Waals surface area contributed by atoms with Gasteiger partial charge in [-0.05, 0) is 17.9 Å². The van der Waals surface area contributed by atoms with Gasteiger partial charge in [0.25, 0.3) is 0 Å². The van der Waals surface area contributed by atoms with E-state index >= 15 is 0 Å². The third-order valence-electron chi connectivity index (χ3n) is 5.69. The molecule has 4 amide bonds. The van der Waals surface area contributed by atoms with Crippen molar-refractivity contribution < 1.29 is 23.9 Å². The molecule has 3 unspecified atom stereocenters. The molecule has 178 valence electrons. The molecule has 1 aromatic heterocycles. The van der Waals surface area contributed by atoms with Crippen molar-refractivity contribution >= 4 is 17.8 Å². The molecule has 3 rings (SSSR count). The molecule has 1 aliphatic rings. The van der Waals surface area contributed by atoms with Gasteiger partial charge in [0.2, 0.25) is 11.8 Å². The third kappa shape index (κ3) is 5.70. The lowest BCUT2D eigenvalue weighted by atomic mass is 9.85. The normalized spacial score (nSPS) is 19.2. The van der Waals surface area contributed by atoms with Gasteiger partial charge in [0, 0.05) is 25.1 Å². The number of β-amino-alcohol motifs (C(OH)–C–C–N with tert-alkyl or cyclic N) is 1. The van der Waals surface area contributed by atoms with Gasteiger partial charge in [0.15, 0.2) is 12.2 Å². The van der Waals surface area contributed by atoms with Gasteiger partial charge in [0.05, 0.1) is 11.8 Å². The first kappa shape index (κ1) is 24.2. The molecular weight excluding hydrogens is 426 g/mol. The predicted octanol–water partition coefficient (Wildman–Crippen LogP) is 1.31. The van der Waals surface area contributed by atoms with Crippen molar-refractivity contribution in [3.8, 4) is 11.3 Å². The Kier molecular flexibility index (Phi) is 7.06. The minimum absolute atomic E-state index is 0.00910. The summed E-state index contributed by atoms with van der Waals surface area (Å²) in [6, 6.07) is 4.91. The molecule has 0 radical (unpaired) electrons. The van der Waals surface area contributed by atoms with Crippen LogP contribution in [-0.4, -0.2) is 57.6 Å². The number of oxazole rings is 1. The van der Waals surface area contributed by atoms with Gasteiger partial charge >= 0.3 is 6.03 Å². The monoisotopic (exact) mass is 457 g/mol. The van der Waals surface area contributed by atoms with E-state index in [0.29, 0.717) is 5.76 Å². The fraction of sp³-hybridized carbons (Fsp3) is 0.478. The standard InChI is InChI=1S/C23H31N5O5/c1-13-18(33-12-26-13)15-7-5-14(6-8-15)10-25-20(30)17-9-16(29)11-28(17)21(31)19(23(2,3)4)27-22(24)32/h5-8,12,16-17,19,29H,9-11H2,1-4H3,(H,25,30)(H3,24,27,32). The van der Waals surface area contributed by atoms with Crippen LogP contribution in [0.1, 0.15) is 38.4 Å². The largest absolute Gasteiger partial charge is 0.443 e. The van der Waals surface area contributed by atoms with E-state index in [9.17, 15) is 19.5 Å². The SMILES string of the molecule is Cc1ncoc1-c1ccc(CNC(=O)C2CC(O)CN2C(=O)C(NC(N)=O)C(C)(C)C)cc1. The van der Waals surface area contributed by atoms with Crippen LogP contribution >= 0.6 is 0 Å². The number of aromatic nitrogens is 1. The van der Waals surface area contributed by atoms with E-state index in [-0.39, 0.29) is 25.4 Å². The number of likely N-dealkylation sites (tertiary alicyclic amines) is 1. The molecule has 5 N–H and O–H groups in total. The second-order valence-corrected chi connectivity index (χ2v) is 9.39. The summed E-state index contributed by atoms with van der Waals surface area (Å²) in [6.45, 7) is 7.49. The first-order chi connectivity index (χ1) is 15.5. The van der Waals surface area contributed by atoms with Crippen molar-refractivity contribution in [3.05, 3.63) is 41.9 Å². The second kappa shape index (κ2) is 9.62. The van der Waals surface area contributed by atoms with Crippen LogP contribution in [0.25, 0.3) is 11.3 Å². The fourth-order valence-corrected chi connectivity index (χ4v) is 3.92. The van der Waals surface area contributed by atoms with E-state index in [0.717, 1.165) is 16.8 Å². The van der Waals surface area contributed by atoms with Crippen LogP contribution in [0.5, 0.6) is 0 Å². The van der Waals surface area contributed by atoms with Gasteiger partial charge in [-0.3, -0.25) is 9.59 Å². The lowest BCUT2D eigenvalue weighted by Crippen LogP contribution is -2.58. The second-order valence-electron chi connectivity index (χ2n) is 9.39. The number of carbonyl (C=O) groups is 3. The van der Waals surface area contributed by atoms with Crippen LogP contribution in [0.4, 0.5) is 4.79 Å². The molecule has 0 aliphatic carbocycles. The number of nitrogens with two attached hydrogens (primary N) is 1. The number of aliphatic hydroxyl groups excluding tert-OH is 1. The highest BCUT2D eigenvalue weighted by molar-refractivity contribution is 5.92. The van der Waals surface area contributed by atoms with Crippen molar-refractivity contribution in [1.29, 1.82) is 0 Å². The molecule has 0 spiro atoms. The topological polar surface area (TPSA) is 151 Å². The summed E-state index contributed by atoms with van der Waals surface area (Å²) in [5.74, 6) is -0.135. The van der Waals surface area contributed by atoms with E-state index in [4.69, 9.17) is 10.2 Å². The molecule has 10 nitrogen and oxygen atoms in total. The smallest absolute Gasteiger partial charge is 0.312 e. The lowest BCUT2D eigenvalue weighted by molar-refractivity contribution is -0.142. The van der Waals surface area contributed by atoms with Crippen molar-refractivity contribution in [2.45, 2.75) is 58.8 Å². The Morgan fingerprint density at radius 3 is 2.48 bits per heavy atom. The first-order valence-corrected chi connectivity index (χ1v) is 10.8. The van der Waals surface area contributed by atoms with Crippen molar-refractivity contribution in [2.24, 2.45) is 11.1 Å². The van der Waals surface area contributed by atoms with E-state index in [1.54, 1.807) is 20.8 Å². The van der Waals surface area contributed by atoms with Crippen molar-refractivity contribution in [2.75, 3.05) is 6.54 Å². The van der Waals surface area contributed by atoms with Crippen LogP contribution in [-0.2, 0) is 16.1 Å². The van der Waals surface area contributed by atoms with Crippen molar-refractivity contribution in [1.82, 2.24) is 20.5 Å². The Labute approximate surface area is 192 Å². The summed E-state index contributed by atoms with van der Waals surface area (Å²) in [5.41, 5.74) is 7.15. The van der Waals surface area contributed by atoms with Crippen LogP contribution in [0.3, 0.4) is 0 Å². The predicted molar refractivity (Wildman–Crippen MR) is 121 cm³/mol. The Balaban J connectivity index is 1.67. The van der Waals surface area contributed by atoms with Gasteiger partial charge in [-0.2, -0.15) is 0 Å². The molecule has 2 heterocycles. The van der Waals surface area contributed by atoms with Crippen LogP contribution in [0, 0.1) is 12.3 Å². The molecule has 2 aromatic rings. The van der Waals surface area contributed by atoms with E-state index in [1.807, 2.05) is 31.2 Å². The minimum atomic E-state index is -0.928. The van der Waals surface area contributed by atoms with E-state index in [1.165, 1.54) is 11.3 Å². The summed E-state index contributed by atoms with van der Waals surface area (Å²) in [5, 5.41) is 15.5. The zero-order valence-electron chi connectivity index (χ0n) is 19.3. The fourth-order valence-electron chi connectivity index (χ4n) is 3.92. The van der Waals surface area contributed by atoms with Crippen LogP contribution in [0.15, 0.2) is 35.1 Å². The Morgan fingerprint density at radius 1 is 1.27 bits per heavy atom. The van der Waals surface area contributed by atoms with E-state index in [2.05, 4.69) is 15.6 Å². The van der Waals surface area contributed by atoms with Crippen molar-refractivity contribution in [3.63, 3.8) is 0 Å². The highest BCUT2D eigenvalue weighted by atomic mass is 16.3. The molecule has 0 saturated carbocycles. The van der Waals surface area contributed by atoms with Gasteiger partial charge < -0.3 is 30.8 Å². The number of primary amides is 1. The maximum atomic E-state index is 13.2. The average Bonchev–Trinajstić information content (AvgIpc) is 3.35. The first-order valence-electron chi connectivity index (χ1n) is 10.8. The maximum Gasteiger partial charge on any atom is 0.312 e. The summed E-state index contributed by atoms with van der Waals surface area (Å²) in [7, 11) is 0. The Morgan fingerprint density at radius 2 is 1.94 bits per heavy atom. The number of amides is 4. The highest BCUT2D eigenvalue weighted by Crippen LogP contribution is 2.26. The van der Waals surface area contributed by atoms with Crippen LogP contribution in [0.2, 0.25) is 0 Å². The number of hydrogen-bond donors (Lipinski definition) is 4. The van der Waals surface area contributed by atoms with Gasteiger partial charge in [-0.15, -0.1) is 0 Å². The number of benzene rings is 1. The van der Waals surface area contributed by atoms with Crippen LogP contribution < -0.4 is 16.4 Å². The summed E-state index contributed by atoms with van der Waals surface area (Å²) >= 11 is 0. The molecule has 0 bridgehead atoms. The molecule has 1 fully saturated rings. The summed E-state index contributed by atoms with van der Waals surface area (Å²) < 4.78 is 5.39. The average molecular weight is 458 g/mol. The molecule has 3 atom stereocenters. The number of nitrogens with one attached hydrogen (secondary N) is 2. The molecule has 1 saturated heterocycles.